The Morgan fingerprint density at radius 3 is 2.41 bits per heavy atom. The van der Waals surface area contributed by atoms with Gasteiger partial charge in [0.1, 0.15) is 6.04 Å². The van der Waals surface area contributed by atoms with Crippen molar-refractivity contribution in [2.45, 2.75) is 19.4 Å². The van der Waals surface area contributed by atoms with Crippen molar-refractivity contribution >= 4 is 11.9 Å². The van der Waals surface area contributed by atoms with Crippen molar-refractivity contribution in [3.63, 3.8) is 0 Å². The second-order valence-corrected chi connectivity index (χ2v) is 3.48. The Bertz CT molecular complexity index is 443. The molecule has 1 atom stereocenters. The Balaban J connectivity index is 2.82. The molecule has 92 valence electrons. The number of carbonyl (C=O) groups is 2. The van der Waals surface area contributed by atoms with Crippen LogP contribution in [0.1, 0.15) is 23.7 Å². The molecule has 0 spiro atoms. The lowest BCUT2D eigenvalue weighted by Crippen LogP contribution is -2.40. The van der Waals surface area contributed by atoms with Gasteiger partial charge in [0.05, 0.1) is 0 Å². The molecule has 1 aromatic carbocycles. The van der Waals surface area contributed by atoms with Crippen molar-refractivity contribution < 1.29 is 24.9 Å². The van der Waals surface area contributed by atoms with Crippen molar-refractivity contribution in [2.75, 3.05) is 0 Å². The summed E-state index contributed by atoms with van der Waals surface area (Å²) in [7, 11) is 0. The smallest absolute Gasteiger partial charge is 0.326 e. The molecule has 4 N–H and O–H groups in total. The van der Waals surface area contributed by atoms with Crippen LogP contribution in [0.2, 0.25) is 0 Å². The van der Waals surface area contributed by atoms with Gasteiger partial charge >= 0.3 is 5.97 Å². The fraction of sp³-hybridized carbons (Fsp3) is 0.273. The standard InChI is InChI=1S/C11H13NO5/c1-2-7(11(16)17)12-10(15)6-3-4-8(13)9(14)5-6/h3-5,7,13-14H,2H2,1H3,(H,12,15)(H,16,17)/t7-/m1/s1. The van der Waals surface area contributed by atoms with Crippen molar-refractivity contribution in [1.82, 2.24) is 5.32 Å². The van der Waals surface area contributed by atoms with E-state index >= 15 is 0 Å². The quantitative estimate of drug-likeness (QED) is 0.578. The topological polar surface area (TPSA) is 107 Å². The van der Waals surface area contributed by atoms with Crippen LogP contribution >= 0.6 is 0 Å². The molecule has 0 fully saturated rings. The molecular formula is C11H13NO5. The van der Waals surface area contributed by atoms with Gasteiger partial charge in [-0.3, -0.25) is 4.79 Å². The van der Waals surface area contributed by atoms with Crippen LogP contribution in [0, 0.1) is 0 Å². The van der Waals surface area contributed by atoms with Crippen LogP contribution in [-0.2, 0) is 4.79 Å². The molecule has 1 rings (SSSR count). The minimum atomic E-state index is -1.12. The third-order valence-electron chi connectivity index (χ3n) is 2.25. The van der Waals surface area contributed by atoms with E-state index in [9.17, 15) is 14.7 Å². The maximum atomic E-state index is 11.6. The number of hydrogen-bond donors (Lipinski definition) is 4. The summed E-state index contributed by atoms with van der Waals surface area (Å²) in [6, 6.07) is 2.54. The first-order chi connectivity index (χ1) is 7.95. The van der Waals surface area contributed by atoms with Gasteiger partial charge < -0.3 is 20.6 Å². The number of benzene rings is 1. The summed E-state index contributed by atoms with van der Waals surface area (Å²) >= 11 is 0. The Morgan fingerprint density at radius 1 is 1.29 bits per heavy atom. The molecule has 6 nitrogen and oxygen atoms in total. The molecule has 17 heavy (non-hydrogen) atoms. The largest absolute Gasteiger partial charge is 0.504 e. The van der Waals surface area contributed by atoms with Crippen LogP contribution in [0.4, 0.5) is 0 Å². The van der Waals surface area contributed by atoms with Crippen LogP contribution in [0.5, 0.6) is 11.5 Å². The van der Waals surface area contributed by atoms with Gasteiger partial charge in [-0.25, -0.2) is 4.79 Å². The second-order valence-electron chi connectivity index (χ2n) is 3.48. The first kappa shape index (κ1) is 12.8. The Morgan fingerprint density at radius 2 is 1.94 bits per heavy atom. The van der Waals surface area contributed by atoms with Crippen LogP contribution < -0.4 is 5.32 Å². The number of aromatic hydroxyl groups is 2. The summed E-state index contributed by atoms with van der Waals surface area (Å²) in [5.41, 5.74) is 0.0833. The first-order valence-corrected chi connectivity index (χ1v) is 5.01. The van der Waals surface area contributed by atoms with E-state index in [4.69, 9.17) is 10.2 Å². The summed E-state index contributed by atoms with van der Waals surface area (Å²) in [5, 5.41) is 29.3. The minimum Gasteiger partial charge on any atom is -0.504 e. The fourth-order valence-electron chi connectivity index (χ4n) is 1.24. The highest BCUT2D eigenvalue weighted by atomic mass is 16.4. The number of carboxylic acids is 1. The average molecular weight is 239 g/mol. The molecule has 6 heteroatoms. The van der Waals surface area contributed by atoms with E-state index in [0.717, 1.165) is 12.1 Å². The average Bonchev–Trinajstić information content (AvgIpc) is 2.28. The summed E-state index contributed by atoms with van der Waals surface area (Å²) in [6.45, 7) is 1.63. The van der Waals surface area contributed by atoms with Gasteiger partial charge in [-0.15, -0.1) is 0 Å². The lowest BCUT2D eigenvalue weighted by atomic mass is 10.1. The van der Waals surface area contributed by atoms with Gasteiger partial charge in [-0.2, -0.15) is 0 Å². The normalized spacial score (nSPS) is 11.8. The van der Waals surface area contributed by atoms with E-state index in [1.807, 2.05) is 0 Å². The molecule has 0 saturated carbocycles. The monoisotopic (exact) mass is 239 g/mol. The lowest BCUT2D eigenvalue weighted by molar-refractivity contribution is -0.139. The van der Waals surface area contributed by atoms with E-state index < -0.39 is 23.7 Å². The number of phenols is 2. The number of amides is 1. The van der Waals surface area contributed by atoms with Gasteiger partial charge in [0, 0.05) is 5.56 Å². The molecule has 1 aromatic rings. The maximum Gasteiger partial charge on any atom is 0.326 e. The molecule has 0 bridgehead atoms. The molecule has 0 radical (unpaired) electrons. The number of carboxylic acid groups (broad SMARTS) is 1. The van der Waals surface area contributed by atoms with Crippen molar-refractivity contribution in [2.24, 2.45) is 0 Å². The summed E-state index contributed by atoms with van der Waals surface area (Å²) in [4.78, 5) is 22.3. The summed E-state index contributed by atoms with van der Waals surface area (Å²) in [6.07, 6.45) is 0.255. The summed E-state index contributed by atoms with van der Waals surface area (Å²) in [5.74, 6) is -2.51. The zero-order valence-electron chi connectivity index (χ0n) is 9.17. The van der Waals surface area contributed by atoms with Gasteiger partial charge in [0.2, 0.25) is 0 Å². The molecule has 0 saturated heterocycles. The molecular weight excluding hydrogens is 226 g/mol. The highest BCUT2D eigenvalue weighted by Gasteiger charge is 2.18. The highest BCUT2D eigenvalue weighted by molar-refractivity contribution is 5.97. The number of carbonyl (C=O) groups excluding carboxylic acids is 1. The van der Waals surface area contributed by atoms with E-state index in [-0.39, 0.29) is 17.7 Å². The third kappa shape index (κ3) is 3.10. The maximum absolute atomic E-state index is 11.6. The van der Waals surface area contributed by atoms with Crippen molar-refractivity contribution in [3.8, 4) is 11.5 Å². The van der Waals surface area contributed by atoms with E-state index in [2.05, 4.69) is 5.32 Å². The predicted molar refractivity (Wildman–Crippen MR) is 59.0 cm³/mol. The Labute approximate surface area is 97.5 Å². The van der Waals surface area contributed by atoms with E-state index in [1.165, 1.54) is 6.07 Å². The molecule has 0 aliphatic rings. The van der Waals surface area contributed by atoms with Crippen LogP contribution in [0.25, 0.3) is 0 Å². The first-order valence-electron chi connectivity index (χ1n) is 5.01. The van der Waals surface area contributed by atoms with Gasteiger partial charge in [-0.1, -0.05) is 6.92 Å². The highest BCUT2D eigenvalue weighted by Crippen LogP contribution is 2.24. The predicted octanol–water partition coefficient (Wildman–Crippen LogP) is 0.691. The van der Waals surface area contributed by atoms with Gasteiger partial charge in [0.15, 0.2) is 11.5 Å². The van der Waals surface area contributed by atoms with Crippen LogP contribution in [0.3, 0.4) is 0 Å². The van der Waals surface area contributed by atoms with Gasteiger partial charge in [-0.05, 0) is 24.6 Å². The van der Waals surface area contributed by atoms with Crippen LogP contribution in [0.15, 0.2) is 18.2 Å². The SMILES string of the molecule is CC[C@@H](NC(=O)c1ccc(O)c(O)c1)C(=O)O. The molecule has 0 aliphatic heterocycles. The molecule has 0 unspecified atom stereocenters. The lowest BCUT2D eigenvalue weighted by Gasteiger charge is -2.12. The number of rotatable bonds is 4. The number of phenolic OH excluding ortho intramolecular Hbond substituents is 2. The van der Waals surface area contributed by atoms with Crippen molar-refractivity contribution in [3.05, 3.63) is 23.8 Å². The Kier molecular flexibility index (Phi) is 3.92. The number of hydrogen-bond acceptors (Lipinski definition) is 4. The van der Waals surface area contributed by atoms with Crippen LogP contribution in [-0.4, -0.2) is 33.2 Å². The fourth-order valence-corrected chi connectivity index (χ4v) is 1.24. The minimum absolute atomic E-state index is 0.0833. The van der Waals surface area contributed by atoms with Crippen molar-refractivity contribution in [1.29, 1.82) is 0 Å². The second kappa shape index (κ2) is 5.20. The molecule has 1 amide bonds. The van der Waals surface area contributed by atoms with E-state index in [0.29, 0.717) is 0 Å². The van der Waals surface area contributed by atoms with E-state index in [1.54, 1.807) is 6.92 Å². The molecule has 0 aromatic heterocycles. The third-order valence-corrected chi connectivity index (χ3v) is 2.25. The zero-order valence-corrected chi connectivity index (χ0v) is 9.17. The van der Waals surface area contributed by atoms with Gasteiger partial charge in [0.25, 0.3) is 5.91 Å². The number of aliphatic carboxylic acids is 1. The molecule has 0 aliphatic carbocycles. The molecule has 0 heterocycles. The number of nitrogens with one attached hydrogen (secondary N) is 1. The Hall–Kier alpha value is -2.24. The zero-order chi connectivity index (χ0) is 13.0. The summed E-state index contributed by atoms with van der Waals surface area (Å²) < 4.78 is 0.